The molecule has 1 aromatic heterocycles. The second kappa shape index (κ2) is 7.97. The van der Waals surface area contributed by atoms with E-state index in [0.717, 1.165) is 24.8 Å². The second-order valence-corrected chi connectivity index (χ2v) is 8.53. The second-order valence-electron chi connectivity index (χ2n) is 6.59. The number of rotatable bonds is 5. The third-order valence-corrected chi connectivity index (χ3v) is 6.35. The normalized spacial score (nSPS) is 15.6. The summed E-state index contributed by atoms with van der Waals surface area (Å²) < 4.78 is 28.8. The molecule has 1 aliphatic heterocycles. The van der Waals surface area contributed by atoms with Crippen LogP contribution in [0.3, 0.4) is 0 Å². The van der Waals surface area contributed by atoms with Crippen LogP contribution in [0.2, 0.25) is 0 Å². The zero-order chi connectivity index (χ0) is 18.6. The quantitative estimate of drug-likeness (QED) is 0.815. The third kappa shape index (κ3) is 4.47. The largest absolute Gasteiger partial charge is 0.321 e. The fraction of sp³-hybridized carbons (Fsp3) is 0.368. The van der Waals surface area contributed by atoms with Crippen LogP contribution < -0.4 is 9.88 Å². The van der Waals surface area contributed by atoms with Crippen molar-refractivity contribution in [1.29, 1.82) is 0 Å². The number of nitrogens with zero attached hydrogens (tertiary/aromatic N) is 2. The van der Waals surface area contributed by atoms with Crippen molar-refractivity contribution >= 4 is 21.6 Å². The van der Waals surface area contributed by atoms with Gasteiger partial charge in [0.15, 0.2) is 12.4 Å². The lowest BCUT2D eigenvalue weighted by Crippen LogP contribution is -2.39. The number of carbonyl (C=O) groups is 1. The van der Waals surface area contributed by atoms with Crippen molar-refractivity contribution in [2.75, 3.05) is 18.4 Å². The molecule has 2 aromatic rings. The van der Waals surface area contributed by atoms with Gasteiger partial charge in [0, 0.05) is 30.9 Å². The van der Waals surface area contributed by atoms with Gasteiger partial charge in [0.05, 0.1) is 4.90 Å². The van der Waals surface area contributed by atoms with Gasteiger partial charge in [-0.2, -0.15) is 8.87 Å². The van der Waals surface area contributed by atoms with E-state index in [-0.39, 0.29) is 17.3 Å². The van der Waals surface area contributed by atoms with Gasteiger partial charge >= 0.3 is 0 Å². The maximum absolute atomic E-state index is 12.8. The summed E-state index contributed by atoms with van der Waals surface area (Å²) in [6.07, 6.45) is 6.53. The van der Waals surface area contributed by atoms with Crippen molar-refractivity contribution in [2.45, 2.75) is 37.6 Å². The highest BCUT2D eigenvalue weighted by Gasteiger charge is 2.26. The molecule has 1 aliphatic rings. The average Bonchev–Trinajstić information content (AvgIpc) is 2.64. The summed E-state index contributed by atoms with van der Waals surface area (Å²) in [6.45, 7) is 3.27. The van der Waals surface area contributed by atoms with Gasteiger partial charge in [-0.25, -0.2) is 8.42 Å². The highest BCUT2D eigenvalue weighted by molar-refractivity contribution is 7.89. The molecule has 0 bridgehead atoms. The van der Waals surface area contributed by atoms with E-state index in [0.29, 0.717) is 18.8 Å². The molecule has 1 N–H and O–H groups in total. The summed E-state index contributed by atoms with van der Waals surface area (Å²) in [5.74, 6) is -0.202. The Morgan fingerprint density at radius 2 is 1.81 bits per heavy atom. The van der Waals surface area contributed by atoms with Gasteiger partial charge in [0.1, 0.15) is 0 Å². The van der Waals surface area contributed by atoms with Crippen LogP contribution in [-0.4, -0.2) is 31.7 Å². The monoisotopic (exact) mass is 374 g/mol. The molecule has 0 saturated carbocycles. The van der Waals surface area contributed by atoms with E-state index in [2.05, 4.69) is 5.32 Å². The van der Waals surface area contributed by atoms with E-state index in [1.807, 2.05) is 31.5 Å². The smallest absolute Gasteiger partial charge is 0.290 e. The summed E-state index contributed by atoms with van der Waals surface area (Å²) in [5, 5.41) is 2.78. The van der Waals surface area contributed by atoms with Crippen LogP contribution in [0, 0.1) is 6.92 Å². The first-order valence-corrected chi connectivity index (χ1v) is 10.2. The number of hydrogen-bond acceptors (Lipinski definition) is 3. The Bertz CT molecular complexity index is 873. The minimum absolute atomic E-state index is 0.170. The lowest BCUT2D eigenvalue weighted by molar-refractivity contribution is -0.684. The number of hydrogen-bond donors (Lipinski definition) is 1. The van der Waals surface area contributed by atoms with Gasteiger partial charge in [-0.3, -0.25) is 4.79 Å². The number of carbonyl (C=O) groups excluding carboxylic acids is 1. The Hall–Kier alpha value is -2.25. The predicted octanol–water partition coefficient (Wildman–Crippen LogP) is 2.10. The molecule has 0 spiro atoms. The van der Waals surface area contributed by atoms with Crippen molar-refractivity contribution in [1.82, 2.24) is 4.31 Å². The molecule has 1 aromatic carbocycles. The molecular weight excluding hydrogens is 350 g/mol. The standard InChI is InChI=1S/C19H23N3O3S/c1-16-8-12-21(13-9-16)15-19(23)20-17-6-5-7-18(14-17)26(24,25)22-10-3-2-4-11-22/h5-9,12-14H,2-4,10-11,15H2,1H3/p+1. The number of piperidine rings is 1. The predicted molar refractivity (Wildman–Crippen MR) is 99.1 cm³/mol. The summed E-state index contributed by atoms with van der Waals surface area (Å²) in [4.78, 5) is 12.5. The van der Waals surface area contributed by atoms with Crippen LogP contribution in [0.4, 0.5) is 5.69 Å². The van der Waals surface area contributed by atoms with Crippen LogP contribution in [0.15, 0.2) is 53.7 Å². The molecule has 0 unspecified atom stereocenters. The SMILES string of the molecule is Cc1cc[n+](CC(=O)Nc2cccc(S(=O)(=O)N3CCCCC3)c2)cc1. The molecule has 2 heterocycles. The average molecular weight is 374 g/mol. The van der Waals surface area contributed by atoms with Gasteiger partial charge in [-0.15, -0.1) is 0 Å². The molecule has 26 heavy (non-hydrogen) atoms. The van der Waals surface area contributed by atoms with E-state index < -0.39 is 10.0 Å². The maximum Gasteiger partial charge on any atom is 0.290 e. The molecule has 0 radical (unpaired) electrons. The van der Waals surface area contributed by atoms with Crippen LogP contribution in [-0.2, 0) is 21.4 Å². The van der Waals surface area contributed by atoms with Gasteiger partial charge in [0.25, 0.3) is 5.91 Å². The number of pyridine rings is 1. The number of anilines is 1. The minimum atomic E-state index is -3.51. The van der Waals surface area contributed by atoms with Gasteiger partial charge in [0.2, 0.25) is 16.6 Å². The molecule has 0 aliphatic carbocycles. The summed E-state index contributed by atoms with van der Waals surface area (Å²) >= 11 is 0. The first-order valence-electron chi connectivity index (χ1n) is 8.81. The maximum atomic E-state index is 12.8. The molecule has 1 saturated heterocycles. The van der Waals surface area contributed by atoms with Gasteiger partial charge in [-0.1, -0.05) is 12.5 Å². The number of sulfonamides is 1. The number of aromatic nitrogens is 1. The van der Waals surface area contributed by atoms with Crippen LogP contribution in [0.1, 0.15) is 24.8 Å². The van der Waals surface area contributed by atoms with E-state index in [4.69, 9.17) is 0 Å². The van der Waals surface area contributed by atoms with Crippen molar-refractivity contribution in [2.24, 2.45) is 0 Å². The van der Waals surface area contributed by atoms with Gasteiger partial charge < -0.3 is 5.32 Å². The van der Waals surface area contributed by atoms with E-state index >= 15 is 0 Å². The first kappa shape index (κ1) is 18.5. The molecule has 6 nitrogen and oxygen atoms in total. The highest BCUT2D eigenvalue weighted by atomic mass is 32.2. The highest BCUT2D eigenvalue weighted by Crippen LogP contribution is 2.22. The molecule has 0 atom stereocenters. The molecule has 7 heteroatoms. The molecular formula is C19H24N3O3S+. The van der Waals surface area contributed by atoms with Crippen molar-refractivity contribution in [3.63, 3.8) is 0 Å². The molecule has 138 valence electrons. The van der Waals surface area contributed by atoms with Crippen LogP contribution in [0.25, 0.3) is 0 Å². The van der Waals surface area contributed by atoms with E-state index in [9.17, 15) is 13.2 Å². The van der Waals surface area contributed by atoms with E-state index in [1.54, 1.807) is 22.8 Å². The van der Waals surface area contributed by atoms with Crippen LogP contribution >= 0.6 is 0 Å². The lowest BCUT2D eigenvalue weighted by Gasteiger charge is -2.26. The Balaban J connectivity index is 1.70. The van der Waals surface area contributed by atoms with Crippen molar-refractivity contribution < 1.29 is 17.8 Å². The molecule has 3 rings (SSSR count). The molecule has 1 fully saturated rings. The summed E-state index contributed by atoms with van der Waals surface area (Å²) in [6, 6.07) is 10.3. The Morgan fingerprint density at radius 3 is 2.50 bits per heavy atom. The lowest BCUT2D eigenvalue weighted by atomic mass is 10.2. The topological polar surface area (TPSA) is 70.4 Å². The van der Waals surface area contributed by atoms with E-state index in [1.165, 1.54) is 10.4 Å². The number of aryl methyl sites for hydroxylation is 1. The number of benzene rings is 1. The fourth-order valence-corrected chi connectivity index (χ4v) is 4.56. The zero-order valence-electron chi connectivity index (χ0n) is 14.9. The van der Waals surface area contributed by atoms with Gasteiger partial charge in [-0.05, 0) is 43.5 Å². The van der Waals surface area contributed by atoms with Crippen molar-refractivity contribution in [3.05, 3.63) is 54.4 Å². The third-order valence-electron chi connectivity index (χ3n) is 4.45. The van der Waals surface area contributed by atoms with Crippen LogP contribution in [0.5, 0.6) is 0 Å². The Labute approximate surface area is 154 Å². The number of nitrogens with one attached hydrogen (secondary N) is 1. The molecule has 1 amide bonds. The number of amides is 1. The zero-order valence-corrected chi connectivity index (χ0v) is 15.7. The Morgan fingerprint density at radius 1 is 1.12 bits per heavy atom. The first-order chi connectivity index (χ1) is 12.4. The Kier molecular flexibility index (Phi) is 5.68. The summed E-state index contributed by atoms with van der Waals surface area (Å²) in [7, 11) is -3.51. The fourth-order valence-electron chi connectivity index (χ4n) is 2.99. The van der Waals surface area contributed by atoms with Crippen molar-refractivity contribution in [3.8, 4) is 0 Å². The minimum Gasteiger partial charge on any atom is -0.321 e. The summed E-state index contributed by atoms with van der Waals surface area (Å²) in [5.41, 5.74) is 1.61.